The molecule has 0 unspecified atom stereocenters. The highest BCUT2D eigenvalue weighted by Gasteiger charge is 2.13. The normalized spacial score (nSPS) is 17.5. The molecule has 0 aromatic carbocycles. The van der Waals surface area contributed by atoms with E-state index in [4.69, 9.17) is 22.1 Å². The van der Waals surface area contributed by atoms with E-state index < -0.39 is 0 Å². The number of ether oxygens (including phenoxy) is 1. The summed E-state index contributed by atoms with van der Waals surface area (Å²) in [7, 11) is 0. The SMILES string of the molecule is OCc1n[nH]c(=S)n1CCOC1CCCCC1. The maximum Gasteiger partial charge on any atom is 0.195 e. The van der Waals surface area contributed by atoms with E-state index in [0.29, 0.717) is 29.9 Å². The van der Waals surface area contributed by atoms with E-state index in [0.717, 1.165) is 0 Å². The lowest BCUT2D eigenvalue weighted by molar-refractivity contribution is 0.0233. The van der Waals surface area contributed by atoms with Gasteiger partial charge in [-0.15, -0.1) is 0 Å². The number of rotatable bonds is 5. The predicted molar refractivity (Wildman–Crippen MR) is 66.2 cm³/mol. The molecule has 2 rings (SSSR count). The smallest absolute Gasteiger partial charge is 0.195 e. The topological polar surface area (TPSA) is 63.1 Å². The lowest BCUT2D eigenvalue weighted by Crippen LogP contribution is -2.20. The van der Waals surface area contributed by atoms with Crippen LogP contribution in [0, 0.1) is 4.77 Å². The van der Waals surface area contributed by atoms with Gasteiger partial charge in [-0.1, -0.05) is 19.3 Å². The lowest BCUT2D eigenvalue weighted by Gasteiger charge is -2.22. The van der Waals surface area contributed by atoms with Gasteiger partial charge in [0.25, 0.3) is 0 Å². The summed E-state index contributed by atoms with van der Waals surface area (Å²) in [5, 5.41) is 15.7. The van der Waals surface area contributed by atoms with Crippen molar-refractivity contribution in [3.05, 3.63) is 10.6 Å². The van der Waals surface area contributed by atoms with Crippen LogP contribution < -0.4 is 0 Å². The van der Waals surface area contributed by atoms with Gasteiger partial charge in [-0.3, -0.25) is 9.67 Å². The molecule has 2 N–H and O–H groups in total. The maximum atomic E-state index is 9.09. The summed E-state index contributed by atoms with van der Waals surface area (Å²) in [6.45, 7) is 1.18. The first-order valence-electron chi connectivity index (χ1n) is 6.18. The summed E-state index contributed by atoms with van der Waals surface area (Å²) >= 11 is 5.09. The first kappa shape index (κ1) is 12.7. The molecule has 0 spiro atoms. The van der Waals surface area contributed by atoms with Gasteiger partial charge in [0, 0.05) is 0 Å². The Labute approximate surface area is 106 Å². The second-order valence-electron chi connectivity index (χ2n) is 4.39. The molecular formula is C11H19N3O2S. The van der Waals surface area contributed by atoms with E-state index in [1.165, 1.54) is 32.1 Å². The number of nitrogens with zero attached hydrogens (tertiary/aromatic N) is 2. The van der Waals surface area contributed by atoms with Gasteiger partial charge in [0.05, 0.1) is 19.3 Å². The quantitative estimate of drug-likeness (QED) is 0.789. The fraction of sp³-hybridized carbons (Fsp3) is 0.818. The van der Waals surface area contributed by atoms with Crippen LogP contribution >= 0.6 is 12.2 Å². The fourth-order valence-corrected chi connectivity index (χ4v) is 2.49. The van der Waals surface area contributed by atoms with Crippen molar-refractivity contribution in [1.82, 2.24) is 14.8 Å². The Kier molecular flexibility index (Phi) is 4.70. The second kappa shape index (κ2) is 6.28. The van der Waals surface area contributed by atoms with Gasteiger partial charge in [0.15, 0.2) is 10.6 Å². The summed E-state index contributed by atoms with van der Waals surface area (Å²) < 4.78 is 8.15. The number of nitrogens with one attached hydrogen (secondary N) is 1. The van der Waals surface area contributed by atoms with Crippen LogP contribution in [0.15, 0.2) is 0 Å². The largest absolute Gasteiger partial charge is 0.388 e. The molecule has 0 saturated heterocycles. The zero-order valence-electron chi connectivity index (χ0n) is 9.89. The van der Waals surface area contributed by atoms with Gasteiger partial charge >= 0.3 is 0 Å². The Balaban J connectivity index is 1.81. The van der Waals surface area contributed by atoms with Crippen molar-refractivity contribution in [3.8, 4) is 0 Å². The van der Waals surface area contributed by atoms with Crippen LogP contribution in [0.2, 0.25) is 0 Å². The first-order chi connectivity index (χ1) is 8.31. The molecule has 0 amide bonds. The molecule has 1 aliphatic carbocycles. The Bertz CT molecular complexity index is 396. The predicted octanol–water partition coefficient (Wildman–Crippen LogP) is 1.78. The molecule has 1 aromatic heterocycles. The van der Waals surface area contributed by atoms with Crippen molar-refractivity contribution in [2.75, 3.05) is 6.61 Å². The maximum absolute atomic E-state index is 9.09. The van der Waals surface area contributed by atoms with Gasteiger partial charge < -0.3 is 9.84 Å². The third-order valence-corrected chi connectivity index (χ3v) is 3.51. The minimum atomic E-state index is -0.101. The molecule has 0 atom stereocenters. The third-order valence-electron chi connectivity index (χ3n) is 3.20. The van der Waals surface area contributed by atoms with Crippen LogP contribution in [-0.4, -0.2) is 32.6 Å². The van der Waals surface area contributed by atoms with E-state index in [-0.39, 0.29) is 6.61 Å². The number of hydrogen-bond donors (Lipinski definition) is 2. The van der Waals surface area contributed by atoms with Crippen molar-refractivity contribution in [1.29, 1.82) is 0 Å². The number of H-pyrrole nitrogens is 1. The molecule has 1 aliphatic rings. The zero-order chi connectivity index (χ0) is 12.1. The average Bonchev–Trinajstić information content (AvgIpc) is 2.72. The van der Waals surface area contributed by atoms with E-state index in [1.54, 1.807) is 4.57 Å². The first-order valence-corrected chi connectivity index (χ1v) is 6.58. The number of hydrogen-bond acceptors (Lipinski definition) is 4. The van der Waals surface area contributed by atoms with Crippen molar-refractivity contribution < 1.29 is 9.84 Å². The highest BCUT2D eigenvalue weighted by molar-refractivity contribution is 7.71. The van der Waals surface area contributed by atoms with Crippen LogP contribution in [0.5, 0.6) is 0 Å². The summed E-state index contributed by atoms with van der Waals surface area (Å²) in [5.41, 5.74) is 0. The molecule has 1 heterocycles. The minimum Gasteiger partial charge on any atom is -0.388 e. The van der Waals surface area contributed by atoms with Crippen LogP contribution in [-0.2, 0) is 17.9 Å². The van der Waals surface area contributed by atoms with Crippen LogP contribution in [0.1, 0.15) is 37.9 Å². The summed E-state index contributed by atoms with van der Waals surface area (Å²) in [6, 6.07) is 0. The minimum absolute atomic E-state index is 0.101. The summed E-state index contributed by atoms with van der Waals surface area (Å²) in [4.78, 5) is 0. The van der Waals surface area contributed by atoms with Crippen molar-refractivity contribution in [3.63, 3.8) is 0 Å². The molecule has 17 heavy (non-hydrogen) atoms. The van der Waals surface area contributed by atoms with Gasteiger partial charge in [-0.25, -0.2) is 0 Å². The third kappa shape index (κ3) is 3.37. The number of aromatic amines is 1. The molecule has 96 valence electrons. The lowest BCUT2D eigenvalue weighted by atomic mass is 9.98. The molecule has 0 bridgehead atoms. The van der Waals surface area contributed by atoms with Gasteiger partial charge in [0.1, 0.15) is 6.61 Å². The Hall–Kier alpha value is -0.720. The standard InChI is InChI=1S/C11H19N3O2S/c15-8-10-12-13-11(17)14(10)6-7-16-9-4-2-1-3-5-9/h9,15H,1-8H2,(H,13,17). The van der Waals surface area contributed by atoms with Crippen LogP contribution in [0.4, 0.5) is 0 Å². The molecule has 0 radical (unpaired) electrons. The number of aliphatic hydroxyl groups is 1. The molecule has 6 heteroatoms. The molecule has 1 aromatic rings. The molecular weight excluding hydrogens is 238 g/mol. The molecule has 5 nitrogen and oxygen atoms in total. The van der Waals surface area contributed by atoms with Gasteiger partial charge in [-0.05, 0) is 25.1 Å². The zero-order valence-corrected chi connectivity index (χ0v) is 10.7. The van der Waals surface area contributed by atoms with E-state index in [9.17, 15) is 0 Å². The van der Waals surface area contributed by atoms with Crippen LogP contribution in [0.3, 0.4) is 0 Å². The van der Waals surface area contributed by atoms with Crippen molar-refractivity contribution in [2.45, 2.75) is 51.4 Å². The number of aliphatic hydroxyl groups excluding tert-OH is 1. The molecule has 1 saturated carbocycles. The second-order valence-corrected chi connectivity index (χ2v) is 4.77. The van der Waals surface area contributed by atoms with Crippen LogP contribution in [0.25, 0.3) is 0 Å². The average molecular weight is 257 g/mol. The van der Waals surface area contributed by atoms with Gasteiger partial charge in [-0.2, -0.15) is 5.10 Å². The summed E-state index contributed by atoms with van der Waals surface area (Å²) in [6.07, 6.45) is 6.63. The van der Waals surface area contributed by atoms with E-state index in [2.05, 4.69) is 10.2 Å². The van der Waals surface area contributed by atoms with Crippen molar-refractivity contribution >= 4 is 12.2 Å². The highest BCUT2D eigenvalue weighted by Crippen LogP contribution is 2.20. The highest BCUT2D eigenvalue weighted by atomic mass is 32.1. The molecule has 0 aliphatic heterocycles. The Morgan fingerprint density at radius 3 is 2.88 bits per heavy atom. The molecule has 1 fully saturated rings. The summed E-state index contributed by atoms with van der Waals surface area (Å²) in [5.74, 6) is 0.572. The fourth-order valence-electron chi connectivity index (χ4n) is 2.24. The Morgan fingerprint density at radius 2 is 2.18 bits per heavy atom. The number of aromatic nitrogens is 3. The van der Waals surface area contributed by atoms with Gasteiger partial charge in [0.2, 0.25) is 0 Å². The van der Waals surface area contributed by atoms with Crippen molar-refractivity contribution in [2.24, 2.45) is 0 Å². The van der Waals surface area contributed by atoms with E-state index >= 15 is 0 Å². The Morgan fingerprint density at radius 1 is 1.41 bits per heavy atom. The monoisotopic (exact) mass is 257 g/mol. The van der Waals surface area contributed by atoms with E-state index in [1.807, 2.05) is 0 Å².